The zero-order valence-corrected chi connectivity index (χ0v) is 20.4. The van der Waals surface area contributed by atoms with Gasteiger partial charge in [-0.25, -0.2) is 9.97 Å². The van der Waals surface area contributed by atoms with E-state index in [1.807, 2.05) is 12.3 Å². The first-order chi connectivity index (χ1) is 17.6. The van der Waals surface area contributed by atoms with Gasteiger partial charge in [-0.3, -0.25) is 9.89 Å². The summed E-state index contributed by atoms with van der Waals surface area (Å²) in [7, 11) is 0. The summed E-state index contributed by atoms with van der Waals surface area (Å²) in [4.78, 5) is 24.2. The van der Waals surface area contributed by atoms with Crippen molar-refractivity contribution in [2.24, 2.45) is 11.8 Å². The standard InChI is InChI=1S/C28H25ClN6O/c29-23-12-25-27(30-14-23)35(16-17-9-10-34(15-17)28(36)20-5-6-20)26(32-25)19-3-1-18(2-4-19)21-7-8-22-13-31-33-24(22)11-21/h1-4,7-8,11-14,17,20H,5-6,9-10,15-16H2,(H,31,33). The number of fused-ring (bicyclic) bond motifs is 2. The van der Waals surface area contributed by atoms with Gasteiger partial charge in [0.05, 0.1) is 16.7 Å². The molecule has 8 heteroatoms. The van der Waals surface area contributed by atoms with Crippen LogP contribution in [0.2, 0.25) is 5.02 Å². The Morgan fingerprint density at radius 3 is 2.64 bits per heavy atom. The summed E-state index contributed by atoms with van der Waals surface area (Å²) in [5, 5.41) is 8.83. The number of benzene rings is 2. The first kappa shape index (κ1) is 21.6. The molecule has 1 N–H and O–H groups in total. The molecule has 3 aromatic heterocycles. The van der Waals surface area contributed by atoms with Crippen molar-refractivity contribution in [2.75, 3.05) is 13.1 Å². The smallest absolute Gasteiger partial charge is 0.225 e. The van der Waals surface area contributed by atoms with Gasteiger partial charge < -0.3 is 9.47 Å². The third kappa shape index (κ3) is 3.84. The van der Waals surface area contributed by atoms with Crippen LogP contribution in [0.3, 0.4) is 0 Å². The molecule has 4 heterocycles. The van der Waals surface area contributed by atoms with Gasteiger partial charge in [0, 0.05) is 42.7 Å². The molecule has 1 aliphatic heterocycles. The summed E-state index contributed by atoms with van der Waals surface area (Å²) in [6.07, 6.45) is 6.61. The number of H-pyrrole nitrogens is 1. The Morgan fingerprint density at radius 1 is 1.00 bits per heavy atom. The Balaban J connectivity index is 1.21. The maximum absolute atomic E-state index is 12.6. The van der Waals surface area contributed by atoms with Crippen LogP contribution in [0.1, 0.15) is 19.3 Å². The van der Waals surface area contributed by atoms with Gasteiger partial charge >= 0.3 is 0 Å². The number of carbonyl (C=O) groups is 1. The van der Waals surface area contributed by atoms with Crippen molar-refractivity contribution in [2.45, 2.75) is 25.8 Å². The predicted octanol–water partition coefficient (Wildman–Crippen LogP) is 5.55. The Bertz CT molecular complexity index is 1600. The molecule has 5 aromatic rings. The van der Waals surface area contributed by atoms with Crippen LogP contribution < -0.4 is 0 Å². The second-order valence-corrected chi connectivity index (χ2v) is 10.4. The molecule has 7 rings (SSSR count). The first-order valence-electron chi connectivity index (χ1n) is 12.5. The number of amides is 1. The molecule has 1 unspecified atom stereocenters. The summed E-state index contributed by atoms with van der Waals surface area (Å²) in [6, 6.07) is 16.7. The van der Waals surface area contributed by atoms with E-state index in [2.05, 4.69) is 67.1 Å². The predicted molar refractivity (Wildman–Crippen MR) is 140 cm³/mol. The van der Waals surface area contributed by atoms with Gasteiger partial charge in [0.2, 0.25) is 5.91 Å². The van der Waals surface area contributed by atoms with Crippen molar-refractivity contribution in [3.8, 4) is 22.5 Å². The van der Waals surface area contributed by atoms with Gasteiger partial charge in [0.25, 0.3) is 0 Å². The first-order valence-corrected chi connectivity index (χ1v) is 12.8. The van der Waals surface area contributed by atoms with Crippen molar-refractivity contribution in [1.82, 2.24) is 29.6 Å². The van der Waals surface area contributed by atoms with Gasteiger partial charge in [0.15, 0.2) is 5.65 Å². The number of rotatable bonds is 5. The van der Waals surface area contributed by atoms with E-state index < -0.39 is 0 Å². The number of hydrogen-bond acceptors (Lipinski definition) is 4. The molecule has 2 aromatic carbocycles. The summed E-state index contributed by atoms with van der Waals surface area (Å²) in [5.74, 6) is 1.86. The zero-order chi connectivity index (χ0) is 24.2. The molecular weight excluding hydrogens is 472 g/mol. The second-order valence-electron chi connectivity index (χ2n) is 10.0. The number of aromatic amines is 1. The van der Waals surface area contributed by atoms with Crippen LogP contribution in [-0.2, 0) is 11.3 Å². The van der Waals surface area contributed by atoms with E-state index in [9.17, 15) is 4.79 Å². The molecule has 1 amide bonds. The molecular formula is C28H25ClN6O. The van der Waals surface area contributed by atoms with Crippen LogP contribution in [0.5, 0.6) is 0 Å². The second kappa shape index (κ2) is 8.45. The molecule has 0 spiro atoms. The van der Waals surface area contributed by atoms with Gasteiger partial charge in [0.1, 0.15) is 11.3 Å². The lowest BCUT2D eigenvalue weighted by molar-refractivity contribution is -0.131. The number of nitrogens with one attached hydrogen (secondary N) is 1. The van der Waals surface area contributed by atoms with E-state index in [1.165, 1.54) is 0 Å². The maximum Gasteiger partial charge on any atom is 0.225 e. The molecule has 1 atom stereocenters. The molecule has 36 heavy (non-hydrogen) atoms. The largest absolute Gasteiger partial charge is 0.342 e. The van der Waals surface area contributed by atoms with Crippen molar-refractivity contribution in [1.29, 1.82) is 0 Å². The van der Waals surface area contributed by atoms with Crippen LogP contribution >= 0.6 is 11.6 Å². The summed E-state index contributed by atoms with van der Waals surface area (Å²) >= 11 is 6.24. The van der Waals surface area contributed by atoms with E-state index in [1.54, 1.807) is 6.20 Å². The number of halogens is 1. The van der Waals surface area contributed by atoms with Crippen LogP contribution in [0.25, 0.3) is 44.6 Å². The minimum atomic E-state index is 0.268. The minimum absolute atomic E-state index is 0.268. The van der Waals surface area contributed by atoms with E-state index in [-0.39, 0.29) is 5.92 Å². The fourth-order valence-electron chi connectivity index (χ4n) is 5.34. The van der Waals surface area contributed by atoms with Crippen molar-refractivity contribution >= 4 is 39.6 Å². The van der Waals surface area contributed by atoms with E-state index in [0.29, 0.717) is 16.8 Å². The SMILES string of the molecule is O=C(C1CC1)N1CCC(Cn2c(-c3ccc(-c4ccc5cn[nH]c5c4)cc3)nc3cc(Cl)cnc32)C1. The number of pyridine rings is 1. The number of imidazole rings is 1. The molecule has 1 aliphatic carbocycles. The molecule has 0 radical (unpaired) electrons. The topological polar surface area (TPSA) is 79.7 Å². The fourth-order valence-corrected chi connectivity index (χ4v) is 5.49. The number of carbonyl (C=O) groups excluding carboxylic acids is 1. The van der Waals surface area contributed by atoms with Crippen molar-refractivity contribution in [3.05, 3.63) is 65.9 Å². The van der Waals surface area contributed by atoms with Crippen molar-refractivity contribution < 1.29 is 4.79 Å². The van der Waals surface area contributed by atoms with Gasteiger partial charge in [-0.05, 0) is 48.4 Å². The molecule has 180 valence electrons. The monoisotopic (exact) mass is 496 g/mol. The average Bonchev–Trinajstić information content (AvgIpc) is 3.30. The molecule has 2 fully saturated rings. The van der Waals surface area contributed by atoms with E-state index in [4.69, 9.17) is 16.6 Å². The van der Waals surface area contributed by atoms with Gasteiger partial charge in [-0.15, -0.1) is 0 Å². The molecule has 0 bridgehead atoms. The fraction of sp³-hybridized carbons (Fsp3) is 0.286. The highest BCUT2D eigenvalue weighted by Gasteiger charge is 2.36. The van der Waals surface area contributed by atoms with Crippen molar-refractivity contribution in [3.63, 3.8) is 0 Å². The molecule has 1 saturated carbocycles. The Labute approximate surface area is 213 Å². The number of likely N-dealkylation sites (tertiary alicyclic amines) is 1. The molecule has 2 aliphatic rings. The normalized spacial score (nSPS) is 17.9. The lowest BCUT2D eigenvalue weighted by Gasteiger charge is -2.17. The van der Waals surface area contributed by atoms with Gasteiger partial charge in [-0.1, -0.05) is 48.0 Å². The Morgan fingerprint density at radius 2 is 1.81 bits per heavy atom. The average molecular weight is 497 g/mol. The Hall–Kier alpha value is -3.71. The van der Waals surface area contributed by atoms with E-state index >= 15 is 0 Å². The lowest BCUT2D eigenvalue weighted by Crippen LogP contribution is -2.30. The highest BCUT2D eigenvalue weighted by molar-refractivity contribution is 6.31. The third-order valence-electron chi connectivity index (χ3n) is 7.43. The van der Waals surface area contributed by atoms with Gasteiger partial charge in [-0.2, -0.15) is 5.10 Å². The van der Waals surface area contributed by atoms with Crippen LogP contribution in [0.15, 0.2) is 60.9 Å². The maximum atomic E-state index is 12.6. The van der Waals surface area contributed by atoms with Crippen LogP contribution in [0.4, 0.5) is 0 Å². The summed E-state index contributed by atoms with van der Waals surface area (Å²) in [6.45, 7) is 2.42. The molecule has 1 saturated heterocycles. The molecule has 7 nitrogen and oxygen atoms in total. The minimum Gasteiger partial charge on any atom is -0.342 e. The summed E-state index contributed by atoms with van der Waals surface area (Å²) in [5.41, 5.74) is 5.92. The highest BCUT2D eigenvalue weighted by Crippen LogP contribution is 2.34. The summed E-state index contributed by atoms with van der Waals surface area (Å²) < 4.78 is 2.20. The zero-order valence-electron chi connectivity index (χ0n) is 19.7. The lowest BCUT2D eigenvalue weighted by atomic mass is 10.0. The number of nitrogens with zero attached hydrogens (tertiary/aromatic N) is 5. The number of hydrogen-bond donors (Lipinski definition) is 1. The number of aromatic nitrogens is 5. The van der Waals surface area contributed by atoms with E-state index in [0.717, 1.165) is 83.5 Å². The Kier molecular flexibility index (Phi) is 5.06. The van der Waals surface area contributed by atoms with Crippen LogP contribution in [0, 0.1) is 11.8 Å². The third-order valence-corrected chi connectivity index (χ3v) is 7.64. The highest BCUT2D eigenvalue weighted by atomic mass is 35.5. The quantitative estimate of drug-likeness (QED) is 0.346. The van der Waals surface area contributed by atoms with Crippen LogP contribution in [-0.4, -0.2) is 48.6 Å².